The van der Waals surface area contributed by atoms with Gasteiger partial charge in [0.05, 0.1) is 28.0 Å². The smallest absolute Gasteiger partial charge is 0.274 e. The van der Waals surface area contributed by atoms with Gasteiger partial charge in [0.15, 0.2) is 0 Å². The van der Waals surface area contributed by atoms with Gasteiger partial charge in [0, 0.05) is 23.4 Å². The minimum Gasteiger partial charge on any atom is -0.324 e. The second-order valence-corrected chi connectivity index (χ2v) is 8.86. The largest absolute Gasteiger partial charge is 0.324 e. The molecule has 4 aliphatic rings. The Kier molecular flexibility index (Phi) is 3.72. The molecular weight excluding hydrogens is 412 g/mol. The van der Waals surface area contributed by atoms with Crippen molar-refractivity contribution in [1.29, 1.82) is 0 Å². The zero-order chi connectivity index (χ0) is 22.4. The molecule has 0 radical (unpaired) electrons. The van der Waals surface area contributed by atoms with Crippen LogP contribution in [0.2, 0.25) is 0 Å². The van der Waals surface area contributed by atoms with Crippen molar-refractivity contribution < 1.29 is 19.3 Å². The van der Waals surface area contributed by atoms with E-state index >= 15 is 0 Å². The average molecular weight is 432 g/mol. The number of rotatable bonds is 2. The summed E-state index contributed by atoms with van der Waals surface area (Å²) >= 11 is 0. The number of hydrogen-bond acceptors (Lipinski definition) is 6. The van der Waals surface area contributed by atoms with Crippen LogP contribution in [-0.2, 0) is 19.9 Å². The minimum atomic E-state index is -1.24. The van der Waals surface area contributed by atoms with E-state index in [-0.39, 0.29) is 34.8 Å². The molecule has 1 spiro atoms. The lowest BCUT2D eigenvalue weighted by Crippen LogP contribution is -2.54. The van der Waals surface area contributed by atoms with Crippen molar-refractivity contribution in [3.05, 3.63) is 63.7 Å². The highest BCUT2D eigenvalue weighted by atomic mass is 16.6. The lowest BCUT2D eigenvalue weighted by molar-refractivity contribution is -0.385. The summed E-state index contributed by atoms with van der Waals surface area (Å²) in [6.45, 7) is 2.17. The van der Waals surface area contributed by atoms with Crippen LogP contribution in [0, 0.1) is 28.9 Å². The zero-order valence-corrected chi connectivity index (χ0v) is 17.3. The number of imide groups is 1. The molecule has 9 heteroatoms. The second kappa shape index (κ2) is 6.23. The number of nitrogens with zero attached hydrogens (tertiary/aromatic N) is 3. The zero-order valence-electron chi connectivity index (χ0n) is 17.3. The SMILES string of the molecule is Cc1c(N2C(=O)[C@@H]3[C@@H](C2=O)[C@]2(C(=O)Nc4ccccc42)N2CCC[C@@H]32)cccc1[N+](=O)[O-]. The second-order valence-electron chi connectivity index (χ2n) is 8.86. The number of nitrogens with one attached hydrogen (secondary N) is 1. The van der Waals surface area contributed by atoms with E-state index in [0.717, 1.165) is 23.3 Å². The molecule has 4 heterocycles. The molecule has 1 N–H and O–H groups in total. The molecule has 2 aromatic rings. The number of anilines is 2. The quantitative estimate of drug-likeness (QED) is 0.443. The Morgan fingerprint density at radius 2 is 1.88 bits per heavy atom. The van der Waals surface area contributed by atoms with Gasteiger partial charge in [-0.1, -0.05) is 24.3 Å². The van der Waals surface area contributed by atoms with Gasteiger partial charge in [-0.05, 0) is 38.4 Å². The summed E-state index contributed by atoms with van der Waals surface area (Å²) in [6, 6.07) is 11.5. The fourth-order valence-electron chi connectivity index (χ4n) is 6.45. The van der Waals surface area contributed by atoms with Crippen LogP contribution >= 0.6 is 0 Å². The highest BCUT2D eigenvalue weighted by molar-refractivity contribution is 6.26. The van der Waals surface area contributed by atoms with Crippen molar-refractivity contribution in [3.8, 4) is 0 Å². The molecule has 0 unspecified atom stereocenters. The molecule has 2 aromatic carbocycles. The summed E-state index contributed by atoms with van der Waals surface area (Å²) in [5.74, 6) is -2.67. The molecule has 3 fully saturated rings. The van der Waals surface area contributed by atoms with Crippen LogP contribution < -0.4 is 10.2 Å². The molecule has 3 amide bonds. The normalized spacial score (nSPS) is 30.6. The first-order chi connectivity index (χ1) is 15.4. The third-order valence-corrected chi connectivity index (χ3v) is 7.61. The molecule has 162 valence electrons. The number of carbonyl (C=O) groups excluding carboxylic acids is 3. The Labute approximate surface area is 183 Å². The van der Waals surface area contributed by atoms with E-state index in [9.17, 15) is 24.5 Å². The number of benzene rings is 2. The maximum absolute atomic E-state index is 13.9. The van der Waals surface area contributed by atoms with E-state index in [4.69, 9.17) is 0 Å². The molecule has 32 heavy (non-hydrogen) atoms. The number of nitro groups is 1. The topological polar surface area (TPSA) is 113 Å². The van der Waals surface area contributed by atoms with Crippen molar-refractivity contribution in [2.45, 2.75) is 31.3 Å². The lowest BCUT2D eigenvalue weighted by Gasteiger charge is -2.36. The number of carbonyl (C=O) groups is 3. The first-order valence-electron chi connectivity index (χ1n) is 10.7. The fraction of sp³-hybridized carbons (Fsp3) is 0.348. The Morgan fingerprint density at radius 3 is 2.66 bits per heavy atom. The van der Waals surface area contributed by atoms with Crippen molar-refractivity contribution in [2.75, 3.05) is 16.8 Å². The van der Waals surface area contributed by atoms with Gasteiger partial charge in [0.1, 0.15) is 5.54 Å². The molecule has 4 aliphatic heterocycles. The number of para-hydroxylation sites is 1. The molecule has 4 atom stereocenters. The van der Waals surface area contributed by atoms with Crippen molar-refractivity contribution in [2.24, 2.45) is 11.8 Å². The molecule has 0 bridgehead atoms. The molecule has 0 aromatic heterocycles. The number of amides is 3. The molecule has 3 saturated heterocycles. The van der Waals surface area contributed by atoms with Gasteiger partial charge in [-0.3, -0.25) is 29.4 Å². The van der Waals surface area contributed by atoms with E-state index in [0.29, 0.717) is 12.2 Å². The van der Waals surface area contributed by atoms with Crippen LogP contribution in [0.4, 0.5) is 17.1 Å². The summed E-state index contributed by atoms with van der Waals surface area (Å²) in [4.78, 5) is 55.2. The maximum Gasteiger partial charge on any atom is 0.274 e. The Balaban J connectivity index is 1.55. The number of fused-ring (bicyclic) bond motifs is 7. The third-order valence-electron chi connectivity index (χ3n) is 7.61. The van der Waals surface area contributed by atoms with Gasteiger partial charge in [-0.15, -0.1) is 0 Å². The Bertz CT molecular complexity index is 1240. The van der Waals surface area contributed by atoms with Crippen LogP contribution in [0.15, 0.2) is 42.5 Å². The van der Waals surface area contributed by atoms with Crippen molar-refractivity contribution in [3.63, 3.8) is 0 Å². The van der Waals surface area contributed by atoms with E-state index < -0.39 is 28.2 Å². The van der Waals surface area contributed by atoms with E-state index in [1.54, 1.807) is 6.07 Å². The Hall–Kier alpha value is -3.59. The van der Waals surface area contributed by atoms with Gasteiger partial charge >= 0.3 is 0 Å². The van der Waals surface area contributed by atoms with Gasteiger partial charge < -0.3 is 5.32 Å². The van der Waals surface area contributed by atoms with Gasteiger partial charge in [-0.2, -0.15) is 0 Å². The first-order valence-corrected chi connectivity index (χ1v) is 10.7. The molecule has 9 nitrogen and oxygen atoms in total. The van der Waals surface area contributed by atoms with E-state index in [1.807, 2.05) is 24.3 Å². The summed E-state index contributed by atoms with van der Waals surface area (Å²) in [6.07, 6.45) is 1.56. The summed E-state index contributed by atoms with van der Waals surface area (Å²) in [7, 11) is 0. The van der Waals surface area contributed by atoms with Gasteiger partial charge in [0.25, 0.3) is 5.69 Å². The summed E-state index contributed by atoms with van der Waals surface area (Å²) < 4.78 is 0. The highest BCUT2D eigenvalue weighted by Gasteiger charge is 2.74. The third kappa shape index (κ3) is 2.04. The van der Waals surface area contributed by atoms with Crippen molar-refractivity contribution in [1.82, 2.24) is 4.90 Å². The minimum absolute atomic E-state index is 0.152. The van der Waals surface area contributed by atoms with E-state index in [1.165, 1.54) is 19.1 Å². The highest BCUT2D eigenvalue weighted by Crippen LogP contribution is 2.60. The van der Waals surface area contributed by atoms with Crippen LogP contribution in [0.1, 0.15) is 24.0 Å². The van der Waals surface area contributed by atoms with Crippen LogP contribution in [0.25, 0.3) is 0 Å². The Morgan fingerprint density at radius 1 is 1.09 bits per heavy atom. The molecule has 0 aliphatic carbocycles. The summed E-state index contributed by atoms with van der Waals surface area (Å²) in [5, 5.41) is 14.4. The number of hydrogen-bond donors (Lipinski definition) is 1. The summed E-state index contributed by atoms with van der Waals surface area (Å²) in [5.41, 5.74) is 0.472. The van der Waals surface area contributed by atoms with Crippen LogP contribution in [0.3, 0.4) is 0 Å². The molecule has 0 saturated carbocycles. The molecular formula is C23H20N4O5. The van der Waals surface area contributed by atoms with Gasteiger partial charge in [-0.25, -0.2) is 4.90 Å². The van der Waals surface area contributed by atoms with Crippen LogP contribution in [-0.4, -0.2) is 40.1 Å². The predicted octanol–water partition coefficient (Wildman–Crippen LogP) is 2.33. The standard InChI is InChI=1S/C23H20N4O5/c1-12-15(8-4-9-16(12)27(31)32)26-20(28)18-17-10-5-11-25(17)23(19(18)21(26)29)13-6-2-3-7-14(13)24-22(23)30/h2-4,6-9,17-19H,5,10-11H2,1H3,(H,24,30)/t17-,18-,19-,23+/m0/s1. The molecule has 6 rings (SSSR count). The van der Waals surface area contributed by atoms with Crippen molar-refractivity contribution >= 4 is 34.8 Å². The lowest BCUT2D eigenvalue weighted by atomic mass is 9.75. The monoisotopic (exact) mass is 432 g/mol. The van der Waals surface area contributed by atoms with Gasteiger partial charge in [0.2, 0.25) is 17.7 Å². The average Bonchev–Trinajstić information content (AvgIpc) is 3.47. The first kappa shape index (κ1) is 19.1. The van der Waals surface area contributed by atoms with Crippen LogP contribution in [0.5, 0.6) is 0 Å². The van der Waals surface area contributed by atoms with E-state index in [2.05, 4.69) is 10.2 Å². The maximum atomic E-state index is 13.9. The predicted molar refractivity (Wildman–Crippen MR) is 114 cm³/mol. The fourth-order valence-corrected chi connectivity index (χ4v) is 6.45. The number of nitro benzene ring substituents is 1.